The van der Waals surface area contributed by atoms with Crippen molar-refractivity contribution in [3.63, 3.8) is 0 Å². The van der Waals surface area contributed by atoms with E-state index >= 15 is 0 Å². The molecule has 7 rings (SSSR count). The fourth-order valence-electron chi connectivity index (χ4n) is 6.11. The normalized spacial score (nSPS) is 21.2. The molecular formula is C30H31ClN8O3. The van der Waals surface area contributed by atoms with Crippen molar-refractivity contribution in [3.8, 4) is 23.0 Å². The molecule has 0 amide bonds. The molecular weight excluding hydrogens is 556 g/mol. The maximum Gasteiger partial charge on any atom is 0.434 e. The van der Waals surface area contributed by atoms with Gasteiger partial charge in [-0.2, -0.15) is 4.98 Å². The van der Waals surface area contributed by atoms with E-state index in [-0.39, 0.29) is 17.8 Å². The highest BCUT2D eigenvalue weighted by Gasteiger charge is 2.33. The van der Waals surface area contributed by atoms with Crippen molar-refractivity contribution in [1.29, 1.82) is 0 Å². The van der Waals surface area contributed by atoms with Gasteiger partial charge in [0.15, 0.2) is 5.65 Å². The fourth-order valence-corrected chi connectivity index (χ4v) is 6.30. The first-order valence-electron chi connectivity index (χ1n) is 14.4. The van der Waals surface area contributed by atoms with Crippen molar-refractivity contribution in [2.75, 3.05) is 24.7 Å². The number of fused-ring (bicyclic) bond motifs is 1. The minimum atomic E-state index is -0.678. The van der Waals surface area contributed by atoms with Gasteiger partial charge in [-0.3, -0.25) is 4.98 Å². The number of benzene rings is 1. The highest BCUT2D eigenvalue weighted by Crippen LogP contribution is 2.38. The number of H-pyrrole nitrogens is 1. The lowest BCUT2D eigenvalue weighted by molar-refractivity contribution is 0.0916. The Morgan fingerprint density at radius 3 is 2.71 bits per heavy atom. The Bertz CT molecular complexity index is 1760. The third kappa shape index (κ3) is 5.18. The number of rotatable bonds is 6. The Morgan fingerprint density at radius 1 is 1.07 bits per heavy atom. The molecule has 0 unspecified atom stereocenters. The van der Waals surface area contributed by atoms with Crippen LogP contribution in [0.1, 0.15) is 44.3 Å². The van der Waals surface area contributed by atoms with Crippen LogP contribution < -0.4 is 10.7 Å². The lowest BCUT2D eigenvalue weighted by Gasteiger charge is -2.37. The van der Waals surface area contributed by atoms with Crippen LogP contribution in [0.3, 0.4) is 0 Å². The molecule has 4 aromatic heterocycles. The van der Waals surface area contributed by atoms with E-state index in [1.807, 2.05) is 42.5 Å². The predicted octanol–water partition coefficient (Wildman–Crippen LogP) is 5.29. The van der Waals surface area contributed by atoms with Crippen molar-refractivity contribution in [2.24, 2.45) is 11.8 Å². The van der Waals surface area contributed by atoms with Crippen LogP contribution in [0.2, 0.25) is 5.02 Å². The summed E-state index contributed by atoms with van der Waals surface area (Å²) in [7, 11) is 0. The number of nitrogens with one attached hydrogen (secondary N) is 1. The largest absolute Gasteiger partial charge is 0.434 e. The minimum Gasteiger partial charge on any atom is -0.384 e. The van der Waals surface area contributed by atoms with Gasteiger partial charge in [-0.05, 0) is 48.9 Å². The van der Waals surface area contributed by atoms with Gasteiger partial charge in [-0.25, -0.2) is 19.9 Å². The number of morpholine rings is 1. The van der Waals surface area contributed by atoms with Crippen molar-refractivity contribution in [2.45, 2.75) is 45.2 Å². The molecule has 1 N–H and O–H groups in total. The Hall–Kier alpha value is -4.09. The molecule has 11 nitrogen and oxygen atoms in total. The first-order chi connectivity index (χ1) is 20.5. The first-order valence-corrected chi connectivity index (χ1v) is 14.8. The van der Waals surface area contributed by atoms with E-state index in [2.05, 4.69) is 31.6 Å². The molecule has 0 radical (unpaired) electrons. The van der Waals surface area contributed by atoms with E-state index in [0.29, 0.717) is 42.0 Å². The van der Waals surface area contributed by atoms with E-state index in [9.17, 15) is 4.79 Å². The number of pyridine rings is 1. The number of hydrogen-bond donors (Lipinski definition) is 1. The van der Waals surface area contributed by atoms with Crippen LogP contribution in [0, 0.1) is 11.8 Å². The summed E-state index contributed by atoms with van der Waals surface area (Å²) in [4.78, 5) is 33.6. The van der Waals surface area contributed by atoms with Crippen molar-refractivity contribution >= 4 is 28.7 Å². The summed E-state index contributed by atoms with van der Waals surface area (Å²) < 4.78 is 13.5. The molecule has 216 valence electrons. The van der Waals surface area contributed by atoms with E-state index in [1.54, 1.807) is 6.20 Å². The van der Waals surface area contributed by atoms with Gasteiger partial charge in [0.25, 0.3) is 5.89 Å². The zero-order valence-electron chi connectivity index (χ0n) is 23.2. The Labute approximate surface area is 246 Å². The molecule has 1 aliphatic carbocycles. The van der Waals surface area contributed by atoms with E-state index in [0.717, 1.165) is 48.0 Å². The standard InChI is InChI=1S/C30H31ClN8O3/c1-18-8-10-19(11-9-18)16-39-25-24(20-5-4-6-21(31)15-20)33-27(28-36-37-30(40)42-28)34-26(25)35-29(39)38-13-14-41-17-23(38)22-7-2-3-12-32-22/h2-7,12,15,18-19,23H,8-11,13-14,16-17H2,1H3,(H,37,40)/t18-,19-,23-/m0/s1. The summed E-state index contributed by atoms with van der Waals surface area (Å²) in [5, 5.41) is 6.88. The summed E-state index contributed by atoms with van der Waals surface area (Å²) in [5.41, 5.74) is 3.67. The molecule has 1 aliphatic heterocycles. The highest BCUT2D eigenvalue weighted by atomic mass is 35.5. The van der Waals surface area contributed by atoms with Crippen LogP contribution in [0.15, 0.2) is 57.9 Å². The summed E-state index contributed by atoms with van der Waals surface area (Å²) in [5.74, 6) is 1.51. The second-order valence-electron chi connectivity index (χ2n) is 11.2. The number of anilines is 1. The van der Waals surface area contributed by atoms with Gasteiger partial charge >= 0.3 is 5.76 Å². The summed E-state index contributed by atoms with van der Waals surface area (Å²) in [6, 6.07) is 13.4. The smallest absolute Gasteiger partial charge is 0.384 e. The third-order valence-corrected chi connectivity index (χ3v) is 8.54. The Morgan fingerprint density at radius 2 is 1.95 bits per heavy atom. The summed E-state index contributed by atoms with van der Waals surface area (Å²) in [6.07, 6.45) is 6.52. The predicted molar refractivity (Wildman–Crippen MR) is 158 cm³/mol. The average molecular weight is 587 g/mol. The molecule has 1 atom stereocenters. The number of nitrogens with zero attached hydrogens (tertiary/aromatic N) is 7. The summed E-state index contributed by atoms with van der Waals surface area (Å²) in [6.45, 7) is 4.83. The van der Waals surface area contributed by atoms with Gasteiger partial charge in [0.1, 0.15) is 11.2 Å². The van der Waals surface area contributed by atoms with Crippen LogP contribution in [0.5, 0.6) is 0 Å². The minimum absolute atomic E-state index is 0.000260. The molecule has 2 aliphatic rings. The van der Waals surface area contributed by atoms with Crippen LogP contribution in [-0.4, -0.2) is 54.5 Å². The monoisotopic (exact) mass is 586 g/mol. The summed E-state index contributed by atoms with van der Waals surface area (Å²) >= 11 is 6.46. The van der Waals surface area contributed by atoms with Gasteiger partial charge in [0, 0.05) is 29.9 Å². The molecule has 0 bridgehead atoms. The number of hydrogen-bond acceptors (Lipinski definition) is 9. The Balaban J connectivity index is 1.45. The number of aromatic amines is 1. The van der Waals surface area contributed by atoms with Crippen LogP contribution in [0.4, 0.5) is 5.95 Å². The van der Waals surface area contributed by atoms with E-state index in [1.165, 1.54) is 12.8 Å². The third-order valence-electron chi connectivity index (χ3n) is 8.30. The van der Waals surface area contributed by atoms with Gasteiger partial charge in [0.2, 0.25) is 11.8 Å². The van der Waals surface area contributed by atoms with E-state index < -0.39 is 5.76 Å². The average Bonchev–Trinajstić information content (AvgIpc) is 3.62. The molecule has 0 spiro atoms. The Kier molecular flexibility index (Phi) is 7.20. The molecule has 2 fully saturated rings. The second-order valence-corrected chi connectivity index (χ2v) is 11.6. The number of aromatic nitrogens is 7. The molecule has 1 aromatic carbocycles. The molecule has 42 heavy (non-hydrogen) atoms. The van der Waals surface area contributed by atoms with Crippen LogP contribution in [-0.2, 0) is 11.3 Å². The van der Waals surface area contributed by atoms with Gasteiger partial charge in [0.05, 0.1) is 24.9 Å². The molecule has 5 aromatic rings. The number of imidazole rings is 1. The highest BCUT2D eigenvalue weighted by molar-refractivity contribution is 6.30. The maximum absolute atomic E-state index is 11.8. The van der Waals surface area contributed by atoms with Crippen molar-refractivity contribution in [1.82, 2.24) is 34.7 Å². The molecule has 5 heterocycles. The van der Waals surface area contributed by atoms with E-state index in [4.69, 9.17) is 35.7 Å². The molecule has 12 heteroatoms. The van der Waals surface area contributed by atoms with Gasteiger partial charge in [-0.15, -0.1) is 5.10 Å². The van der Waals surface area contributed by atoms with Crippen LogP contribution in [0.25, 0.3) is 34.1 Å². The zero-order valence-corrected chi connectivity index (χ0v) is 24.0. The number of ether oxygens (including phenoxy) is 1. The van der Waals surface area contributed by atoms with Gasteiger partial charge in [-0.1, -0.05) is 49.6 Å². The quantitative estimate of drug-likeness (QED) is 0.282. The zero-order chi connectivity index (χ0) is 28.6. The topological polar surface area (TPSA) is 128 Å². The SMILES string of the molecule is C[C@H]1CC[C@H](Cn2c(N3CCOC[C@H]3c3ccccn3)nc3nc(-c4n[nH]c(=O)o4)nc(-c4cccc(Cl)c4)c32)CC1. The first kappa shape index (κ1) is 26.8. The van der Waals surface area contributed by atoms with Crippen LogP contribution >= 0.6 is 11.6 Å². The fraction of sp³-hybridized carbons (Fsp3) is 0.400. The molecule has 1 saturated carbocycles. The lowest BCUT2D eigenvalue weighted by Crippen LogP contribution is -2.41. The molecule has 1 saturated heterocycles. The number of halogens is 1. The maximum atomic E-state index is 11.8. The van der Waals surface area contributed by atoms with Crippen molar-refractivity contribution in [3.05, 3.63) is 69.9 Å². The van der Waals surface area contributed by atoms with Gasteiger partial charge < -0.3 is 18.6 Å². The lowest BCUT2D eigenvalue weighted by atomic mass is 9.83. The second kappa shape index (κ2) is 11.3. The van der Waals surface area contributed by atoms with Crippen molar-refractivity contribution < 1.29 is 9.15 Å².